The fraction of sp³-hybridized carbons (Fsp3) is 0.333. The first-order valence-electron chi connectivity index (χ1n) is 2.46. The first kappa shape index (κ1) is 9.98. The molecule has 0 aromatic carbocycles. The van der Waals surface area contributed by atoms with E-state index < -0.39 is 24.2 Å². The summed E-state index contributed by atoms with van der Waals surface area (Å²) < 4.78 is 46.0. The Kier molecular flexibility index (Phi) is 3.08. The predicted octanol–water partition coefficient (Wildman–Crippen LogP) is 1.40. The molecule has 0 fully saturated rings. The summed E-state index contributed by atoms with van der Waals surface area (Å²) in [6.45, 7) is 0. The number of hydrogen-bond donors (Lipinski definition) is 1. The van der Waals surface area contributed by atoms with Crippen molar-refractivity contribution >= 4 is 0 Å². The van der Waals surface area contributed by atoms with Crippen LogP contribution in [0.5, 0.6) is 0 Å². The number of hydrogen-bond acceptors (Lipinski definition) is 1. The summed E-state index contributed by atoms with van der Waals surface area (Å²) >= 11 is 0. The van der Waals surface area contributed by atoms with E-state index >= 15 is 0 Å². The van der Waals surface area contributed by atoms with Gasteiger partial charge in [-0.3, -0.25) is 0 Å². The van der Waals surface area contributed by atoms with E-state index in [0.717, 1.165) is 0 Å². The van der Waals surface area contributed by atoms with Crippen LogP contribution < -0.4 is 0 Å². The van der Waals surface area contributed by atoms with Gasteiger partial charge in [0.1, 0.15) is 5.83 Å². The number of allylic oxidation sites excluding steroid dienone is 1. The van der Waals surface area contributed by atoms with Gasteiger partial charge in [0, 0.05) is 0 Å². The highest BCUT2D eigenvalue weighted by atomic mass is 19.4. The summed E-state index contributed by atoms with van der Waals surface area (Å²) in [7, 11) is 0. The van der Waals surface area contributed by atoms with Crippen LogP contribution in [0.25, 0.3) is 0 Å². The van der Waals surface area contributed by atoms with Crippen molar-refractivity contribution < 1.29 is 22.7 Å². The van der Waals surface area contributed by atoms with Crippen molar-refractivity contribution in [2.75, 3.05) is 0 Å². The van der Waals surface area contributed by atoms with Gasteiger partial charge in [-0.15, -0.1) is 6.42 Å². The molecule has 0 heterocycles. The van der Waals surface area contributed by atoms with E-state index in [1.165, 1.54) is 5.92 Å². The molecule has 0 radical (unpaired) electrons. The standard InChI is InChI=1S/C6H4F4O/c1-2-5(11)4(7)3-6(8,9)10/h1,3,5,11H/b4-3+. The largest absolute Gasteiger partial charge is 0.412 e. The summed E-state index contributed by atoms with van der Waals surface area (Å²) in [6, 6.07) is 0. The number of halogens is 4. The Morgan fingerprint density at radius 3 is 2.27 bits per heavy atom. The summed E-state index contributed by atoms with van der Waals surface area (Å²) in [5.74, 6) is -0.378. The molecule has 0 aliphatic carbocycles. The normalized spacial score (nSPS) is 15.8. The van der Waals surface area contributed by atoms with Crippen LogP contribution in [0, 0.1) is 12.3 Å². The minimum Gasteiger partial charge on any atom is -0.374 e. The SMILES string of the molecule is C#CC(O)/C(F)=C\C(F)(F)F. The highest BCUT2D eigenvalue weighted by Crippen LogP contribution is 2.20. The monoisotopic (exact) mass is 168 g/mol. The van der Waals surface area contributed by atoms with E-state index in [1.54, 1.807) is 0 Å². The maximum Gasteiger partial charge on any atom is 0.412 e. The van der Waals surface area contributed by atoms with Gasteiger partial charge in [-0.25, -0.2) is 4.39 Å². The molecule has 0 amide bonds. The van der Waals surface area contributed by atoms with Crippen molar-refractivity contribution in [1.82, 2.24) is 0 Å². The second-order valence-electron chi connectivity index (χ2n) is 1.64. The Labute approximate surface area is 60.3 Å². The first-order chi connectivity index (χ1) is 4.87. The van der Waals surface area contributed by atoms with Gasteiger partial charge in [-0.2, -0.15) is 13.2 Å². The second-order valence-corrected chi connectivity index (χ2v) is 1.64. The van der Waals surface area contributed by atoms with Crippen LogP contribution in [0.15, 0.2) is 11.9 Å². The van der Waals surface area contributed by atoms with Gasteiger partial charge in [0.25, 0.3) is 0 Å². The summed E-state index contributed by atoms with van der Waals surface area (Å²) in [5, 5.41) is 8.31. The predicted molar refractivity (Wildman–Crippen MR) is 30.1 cm³/mol. The molecule has 0 bridgehead atoms. The molecule has 0 spiro atoms. The van der Waals surface area contributed by atoms with E-state index in [4.69, 9.17) is 5.11 Å². The lowest BCUT2D eigenvalue weighted by molar-refractivity contribution is -0.0822. The highest BCUT2D eigenvalue weighted by Gasteiger charge is 2.26. The zero-order chi connectivity index (χ0) is 9.07. The minimum atomic E-state index is -4.79. The molecule has 1 nitrogen and oxygen atoms in total. The number of rotatable bonds is 1. The zero-order valence-electron chi connectivity index (χ0n) is 5.19. The fourth-order valence-electron chi connectivity index (χ4n) is 0.315. The van der Waals surface area contributed by atoms with Gasteiger partial charge < -0.3 is 5.11 Å². The molecular formula is C6H4F4O. The van der Waals surface area contributed by atoms with Crippen LogP contribution in [0.4, 0.5) is 17.6 Å². The van der Waals surface area contributed by atoms with Crippen LogP contribution in [0.3, 0.4) is 0 Å². The molecular weight excluding hydrogens is 164 g/mol. The van der Waals surface area contributed by atoms with Crippen LogP contribution in [0.1, 0.15) is 0 Å². The number of aliphatic hydroxyl groups is 1. The van der Waals surface area contributed by atoms with Gasteiger partial charge in [-0.05, 0) is 0 Å². The van der Waals surface area contributed by atoms with Crippen LogP contribution in [-0.4, -0.2) is 17.4 Å². The smallest absolute Gasteiger partial charge is 0.374 e. The highest BCUT2D eigenvalue weighted by molar-refractivity contribution is 5.14. The second kappa shape index (κ2) is 3.39. The van der Waals surface area contributed by atoms with Crippen LogP contribution >= 0.6 is 0 Å². The Morgan fingerprint density at radius 1 is 1.55 bits per heavy atom. The quantitative estimate of drug-likeness (QED) is 0.463. The molecule has 0 saturated heterocycles. The van der Waals surface area contributed by atoms with Crippen LogP contribution in [0.2, 0.25) is 0 Å². The first-order valence-corrected chi connectivity index (χ1v) is 2.46. The Hall–Kier alpha value is -1.02. The third-order valence-electron chi connectivity index (χ3n) is 0.721. The fourth-order valence-corrected chi connectivity index (χ4v) is 0.315. The van der Waals surface area contributed by atoms with Crippen molar-refractivity contribution in [3.63, 3.8) is 0 Å². The lowest BCUT2D eigenvalue weighted by Crippen LogP contribution is -2.09. The maximum atomic E-state index is 12.0. The molecule has 0 aliphatic rings. The zero-order valence-corrected chi connectivity index (χ0v) is 5.19. The Morgan fingerprint density at radius 2 is 2.00 bits per heavy atom. The third kappa shape index (κ3) is 4.39. The molecule has 1 N–H and O–H groups in total. The topological polar surface area (TPSA) is 20.2 Å². The molecule has 0 aliphatic heterocycles. The van der Waals surface area contributed by atoms with Gasteiger partial charge >= 0.3 is 6.18 Å². The molecule has 0 aromatic heterocycles. The molecule has 5 heteroatoms. The molecule has 0 saturated carbocycles. The summed E-state index contributed by atoms with van der Waals surface area (Å²) in [6.07, 6.45) is -3.14. The maximum absolute atomic E-state index is 12.0. The van der Waals surface area contributed by atoms with E-state index in [9.17, 15) is 17.6 Å². The summed E-state index contributed by atoms with van der Waals surface area (Å²) in [5.41, 5.74) is 0. The Balaban J connectivity index is 4.37. The van der Waals surface area contributed by atoms with Gasteiger partial charge in [0.2, 0.25) is 0 Å². The van der Waals surface area contributed by atoms with E-state index in [2.05, 4.69) is 6.42 Å². The summed E-state index contributed by atoms with van der Waals surface area (Å²) in [4.78, 5) is 0. The molecule has 0 rings (SSSR count). The molecule has 1 atom stereocenters. The average molecular weight is 168 g/mol. The minimum absolute atomic E-state index is 0.683. The third-order valence-corrected chi connectivity index (χ3v) is 0.721. The van der Waals surface area contributed by atoms with Gasteiger partial charge in [-0.1, -0.05) is 5.92 Å². The van der Waals surface area contributed by atoms with Crippen molar-refractivity contribution in [3.8, 4) is 12.3 Å². The van der Waals surface area contributed by atoms with Crippen LogP contribution in [-0.2, 0) is 0 Å². The van der Waals surface area contributed by atoms with E-state index in [0.29, 0.717) is 0 Å². The number of alkyl halides is 3. The number of aliphatic hydroxyl groups excluding tert-OH is 1. The molecule has 11 heavy (non-hydrogen) atoms. The van der Waals surface area contributed by atoms with Crippen molar-refractivity contribution in [1.29, 1.82) is 0 Å². The van der Waals surface area contributed by atoms with E-state index in [-0.39, 0.29) is 0 Å². The Bertz CT molecular complexity index is 198. The van der Waals surface area contributed by atoms with Gasteiger partial charge in [0.05, 0.1) is 6.08 Å². The van der Waals surface area contributed by atoms with Crippen molar-refractivity contribution in [2.45, 2.75) is 12.3 Å². The van der Waals surface area contributed by atoms with E-state index in [1.807, 2.05) is 0 Å². The van der Waals surface area contributed by atoms with Crippen molar-refractivity contribution in [3.05, 3.63) is 11.9 Å². The molecule has 1 unspecified atom stereocenters. The molecule has 0 aromatic rings. The number of terminal acetylenes is 1. The van der Waals surface area contributed by atoms with Gasteiger partial charge in [0.15, 0.2) is 6.10 Å². The molecule has 62 valence electrons. The lowest BCUT2D eigenvalue weighted by atomic mass is 10.3. The lowest BCUT2D eigenvalue weighted by Gasteiger charge is -2.01. The van der Waals surface area contributed by atoms with Crippen molar-refractivity contribution in [2.24, 2.45) is 0 Å². The average Bonchev–Trinajstić information content (AvgIpc) is 1.82.